The zero-order chi connectivity index (χ0) is 20.0. The van der Waals surface area contributed by atoms with E-state index in [1.165, 1.54) is 0 Å². The molecule has 4 rings (SSSR count). The predicted molar refractivity (Wildman–Crippen MR) is 103 cm³/mol. The van der Waals surface area contributed by atoms with Gasteiger partial charge in [0.15, 0.2) is 0 Å². The van der Waals surface area contributed by atoms with E-state index >= 15 is 0 Å². The maximum absolute atomic E-state index is 12.5. The Morgan fingerprint density at radius 1 is 1.18 bits per heavy atom. The number of hydrogen-bond acceptors (Lipinski definition) is 6. The smallest absolute Gasteiger partial charge is 0.252 e. The zero-order valence-electron chi connectivity index (χ0n) is 16.1. The lowest BCUT2D eigenvalue weighted by molar-refractivity contribution is -0.116. The van der Waals surface area contributed by atoms with E-state index in [0.717, 1.165) is 28.2 Å². The van der Waals surface area contributed by atoms with Gasteiger partial charge in [0.05, 0.1) is 12.8 Å². The Morgan fingerprint density at radius 3 is 2.57 bits per heavy atom. The van der Waals surface area contributed by atoms with Gasteiger partial charge >= 0.3 is 0 Å². The summed E-state index contributed by atoms with van der Waals surface area (Å²) in [4.78, 5) is 21.5. The average Bonchev–Trinajstić information content (AvgIpc) is 2.96. The molecule has 28 heavy (non-hydrogen) atoms. The minimum absolute atomic E-state index is 0.108. The van der Waals surface area contributed by atoms with Crippen LogP contribution in [0.3, 0.4) is 0 Å². The molecular weight excluding hydrogens is 358 g/mol. The highest BCUT2D eigenvalue weighted by Gasteiger charge is 2.34. The van der Waals surface area contributed by atoms with Crippen LogP contribution >= 0.6 is 0 Å². The van der Waals surface area contributed by atoms with Crippen molar-refractivity contribution < 1.29 is 14.6 Å². The van der Waals surface area contributed by atoms with Crippen LogP contribution in [0.4, 0.5) is 5.82 Å². The molecule has 1 aliphatic rings. The number of phenols is 1. The average molecular weight is 379 g/mol. The standard InChI is InChI=1S/C20H21N5O3/c1-10-7-11(2)22-20(21-10)25-19-18(12(3)24-25)15(9-17(27)23-19)14-6-5-13(26)8-16(14)28-4/h5-8,15,26H,9H2,1-4H3,(H,23,27)/t15-/m1/s1. The number of fused-ring (bicyclic) bond motifs is 1. The second-order valence-corrected chi connectivity index (χ2v) is 6.94. The molecule has 0 radical (unpaired) electrons. The van der Waals surface area contributed by atoms with Crippen LogP contribution in [0.15, 0.2) is 24.3 Å². The highest BCUT2D eigenvalue weighted by atomic mass is 16.5. The third-order valence-corrected chi connectivity index (χ3v) is 4.85. The Kier molecular flexibility index (Phi) is 4.26. The molecule has 0 aliphatic carbocycles. The Balaban J connectivity index is 1.91. The van der Waals surface area contributed by atoms with E-state index in [1.54, 1.807) is 30.0 Å². The van der Waals surface area contributed by atoms with E-state index in [-0.39, 0.29) is 24.0 Å². The van der Waals surface area contributed by atoms with E-state index in [4.69, 9.17) is 4.74 Å². The minimum atomic E-state index is -0.251. The number of rotatable bonds is 3. The molecule has 0 saturated carbocycles. The molecule has 1 aliphatic heterocycles. The highest BCUT2D eigenvalue weighted by Crippen LogP contribution is 2.43. The normalized spacial score (nSPS) is 15.9. The first-order valence-electron chi connectivity index (χ1n) is 8.96. The van der Waals surface area contributed by atoms with Crippen molar-refractivity contribution in [3.63, 3.8) is 0 Å². The number of benzene rings is 1. The summed E-state index contributed by atoms with van der Waals surface area (Å²) in [6.45, 7) is 5.68. The van der Waals surface area contributed by atoms with E-state index in [0.29, 0.717) is 17.5 Å². The van der Waals surface area contributed by atoms with Crippen molar-refractivity contribution in [1.29, 1.82) is 0 Å². The SMILES string of the molecule is COc1cc(O)ccc1[C@H]1CC(=O)Nc2c1c(C)nn2-c1nc(C)cc(C)n1. The van der Waals surface area contributed by atoms with Crippen molar-refractivity contribution in [1.82, 2.24) is 19.7 Å². The quantitative estimate of drug-likeness (QED) is 0.725. The number of ether oxygens (including phenoxy) is 1. The van der Waals surface area contributed by atoms with Gasteiger partial charge in [-0.3, -0.25) is 4.79 Å². The molecule has 8 nitrogen and oxygen atoms in total. The first kappa shape index (κ1) is 18.0. The first-order valence-corrected chi connectivity index (χ1v) is 8.96. The number of aromatic hydroxyl groups is 1. The largest absolute Gasteiger partial charge is 0.508 e. The maximum atomic E-state index is 12.5. The van der Waals surface area contributed by atoms with E-state index < -0.39 is 0 Å². The molecule has 3 heterocycles. The topological polar surface area (TPSA) is 102 Å². The van der Waals surface area contributed by atoms with Gasteiger partial charge in [-0.15, -0.1) is 0 Å². The summed E-state index contributed by atoms with van der Waals surface area (Å²) in [5.74, 6) is 1.24. The monoisotopic (exact) mass is 379 g/mol. The zero-order valence-corrected chi connectivity index (χ0v) is 16.1. The second-order valence-electron chi connectivity index (χ2n) is 6.94. The van der Waals surface area contributed by atoms with Gasteiger partial charge in [0.2, 0.25) is 5.91 Å². The summed E-state index contributed by atoms with van der Waals surface area (Å²) >= 11 is 0. The molecule has 3 aromatic rings. The second kappa shape index (κ2) is 6.63. The molecule has 0 fully saturated rings. The summed E-state index contributed by atoms with van der Waals surface area (Å²) in [6, 6.07) is 6.81. The third-order valence-electron chi connectivity index (χ3n) is 4.85. The summed E-state index contributed by atoms with van der Waals surface area (Å²) < 4.78 is 7.03. The van der Waals surface area contributed by atoms with Gasteiger partial charge in [-0.05, 0) is 32.9 Å². The molecule has 1 amide bonds. The first-order chi connectivity index (χ1) is 13.4. The van der Waals surface area contributed by atoms with Crippen LogP contribution in [-0.4, -0.2) is 37.9 Å². The molecule has 2 N–H and O–H groups in total. The number of hydrogen-bond donors (Lipinski definition) is 2. The summed E-state index contributed by atoms with van der Waals surface area (Å²) in [5.41, 5.74) is 4.14. The van der Waals surface area contributed by atoms with Crippen LogP contribution in [0.25, 0.3) is 5.95 Å². The third kappa shape index (κ3) is 2.96. The predicted octanol–water partition coefficient (Wildman–Crippen LogP) is 2.78. The lowest BCUT2D eigenvalue weighted by Gasteiger charge is -2.25. The van der Waals surface area contributed by atoms with Crippen LogP contribution in [0.5, 0.6) is 11.5 Å². The number of anilines is 1. The van der Waals surface area contributed by atoms with Crippen LogP contribution < -0.4 is 10.1 Å². The molecule has 8 heteroatoms. The van der Waals surface area contributed by atoms with Gasteiger partial charge < -0.3 is 15.2 Å². The fourth-order valence-corrected chi connectivity index (χ4v) is 3.75. The van der Waals surface area contributed by atoms with E-state index in [1.807, 2.05) is 26.8 Å². The Hall–Kier alpha value is -3.42. The molecule has 1 aromatic carbocycles. The summed E-state index contributed by atoms with van der Waals surface area (Å²) in [6.07, 6.45) is 0.258. The number of nitrogens with one attached hydrogen (secondary N) is 1. The van der Waals surface area contributed by atoms with Gasteiger partial charge in [0, 0.05) is 40.9 Å². The molecule has 0 bridgehead atoms. The number of aryl methyl sites for hydroxylation is 3. The number of methoxy groups -OCH3 is 1. The minimum Gasteiger partial charge on any atom is -0.508 e. The van der Waals surface area contributed by atoms with E-state index in [2.05, 4.69) is 20.4 Å². The van der Waals surface area contributed by atoms with Crippen molar-refractivity contribution in [3.05, 3.63) is 52.5 Å². The fraction of sp³-hybridized carbons (Fsp3) is 0.300. The van der Waals surface area contributed by atoms with Crippen molar-refractivity contribution in [2.75, 3.05) is 12.4 Å². The molecule has 0 saturated heterocycles. The van der Waals surface area contributed by atoms with Crippen LogP contribution in [0.2, 0.25) is 0 Å². The van der Waals surface area contributed by atoms with E-state index in [9.17, 15) is 9.90 Å². The fourth-order valence-electron chi connectivity index (χ4n) is 3.75. The van der Waals surface area contributed by atoms with Crippen LogP contribution in [0, 0.1) is 20.8 Å². The molecular formula is C20H21N5O3. The van der Waals surface area contributed by atoms with Crippen molar-refractivity contribution in [3.8, 4) is 17.4 Å². The van der Waals surface area contributed by atoms with Crippen molar-refractivity contribution >= 4 is 11.7 Å². The lowest BCUT2D eigenvalue weighted by atomic mass is 9.85. The number of carbonyl (C=O) groups excluding carboxylic acids is 1. The van der Waals surface area contributed by atoms with Gasteiger partial charge in [-0.1, -0.05) is 6.07 Å². The summed E-state index contributed by atoms with van der Waals surface area (Å²) in [5, 5.41) is 17.3. The summed E-state index contributed by atoms with van der Waals surface area (Å²) in [7, 11) is 1.54. The molecule has 2 aromatic heterocycles. The van der Waals surface area contributed by atoms with Crippen LogP contribution in [0.1, 0.15) is 40.5 Å². The molecule has 144 valence electrons. The maximum Gasteiger partial charge on any atom is 0.252 e. The number of carbonyl (C=O) groups is 1. The number of aromatic nitrogens is 4. The number of amides is 1. The Bertz CT molecular complexity index is 1070. The van der Waals surface area contributed by atoms with Crippen LogP contribution in [-0.2, 0) is 4.79 Å². The Labute approximate surface area is 162 Å². The number of nitrogens with zero attached hydrogens (tertiary/aromatic N) is 4. The highest BCUT2D eigenvalue weighted by molar-refractivity contribution is 5.95. The molecule has 0 spiro atoms. The number of phenolic OH excluding ortho intramolecular Hbond substituents is 1. The molecule has 1 atom stereocenters. The van der Waals surface area contributed by atoms with Crippen molar-refractivity contribution in [2.24, 2.45) is 0 Å². The molecule has 0 unspecified atom stereocenters. The Morgan fingerprint density at radius 2 is 1.89 bits per heavy atom. The van der Waals surface area contributed by atoms with Gasteiger partial charge in [-0.2, -0.15) is 9.78 Å². The van der Waals surface area contributed by atoms with Gasteiger partial charge in [-0.25, -0.2) is 9.97 Å². The van der Waals surface area contributed by atoms with Crippen molar-refractivity contribution in [2.45, 2.75) is 33.1 Å². The van der Waals surface area contributed by atoms with Gasteiger partial charge in [0.25, 0.3) is 5.95 Å². The lowest BCUT2D eigenvalue weighted by Crippen LogP contribution is -2.25. The van der Waals surface area contributed by atoms with Gasteiger partial charge in [0.1, 0.15) is 17.3 Å².